The van der Waals surface area contributed by atoms with Gasteiger partial charge < -0.3 is 15.0 Å². The third-order valence-electron chi connectivity index (χ3n) is 4.92. The molecule has 3 aromatic rings. The molecule has 1 amide bonds. The molecule has 1 atom stereocenters. The van der Waals surface area contributed by atoms with Gasteiger partial charge in [-0.3, -0.25) is 4.79 Å². The Morgan fingerprint density at radius 3 is 2.68 bits per heavy atom. The Morgan fingerprint density at radius 1 is 1.23 bits per heavy atom. The normalized spacial score (nSPS) is 16.0. The summed E-state index contributed by atoms with van der Waals surface area (Å²) >= 11 is 2.68. The van der Waals surface area contributed by atoms with E-state index in [4.69, 9.17) is 4.74 Å². The fraction of sp³-hybridized carbons (Fsp3) is 0.400. The maximum atomic E-state index is 12.9. The van der Waals surface area contributed by atoms with E-state index in [1.807, 2.05) is 26.0 Å². The van der Waals surface area contributed by atoms with Crippen molar-refractivity contribution in [3.63, 3.8) is 0 Å². The van der Waals surface area contributed by atoms with Crippen LogP contribution in [0.15, 0.2) is 39.9 Å². The van der Waals surface area contributed by atoms with Crippen molar-refractivity contribution in [3.8, 4) is 0 Å². The lowest BCUT2D eigenvalue weighted by molar-refractivity contribution is -0.118. The summed E-state index contributed by atoms with van der Waals surface area (Å²) < 4.78 is 34.3. The molecule has 0 spiro atoms. The number of thiophene rings is 1. The summed E-state index contributed by atoms with van der Waals surface area (Å²) in [5.74, 6) is -0.623. The number of thiazole rings is 1. The van der Waals surface area contributed by atoms with Crippen molar-refractivity contribution in [1.29, 1.82) is 0 Å². The molecule has 1 aromatic carbocycles. The van der Waals surface area contributed by atoms with E-state index < -0.39 is 22.0 Å². The number of aromatic nitrogens is 1. The molecule has 0 radical (unpaired) electrons. The summed E-state index contributed by atoms with van der Waals surface area (Å²) in [5.41, 5.74) is 1.47. The van der Waals surface area contributed by atoms with E-state index in [0.717, 1.165) is 39.8 Å². The van der Waals surface area contributed by atoms with Crippen molar-refractivity contribution >= 4 is 59.6 Å². The highest BCUT2D eigenvalue weighted by molar-refractivity contribution is 7.91. The SMILES string of the molecule is CC(C)[C@@H](NS(=O)(=O)c1cccs1)C(=O)Nc1ccc2nc(N3CCOCC3)sc2c1. The number of sulfonamides is 1. The number of carbonyl (C=O) groups is 1. The van der Waals surface area contributed by atoms with E-state index in [0.29, 0.717) is 18.9 Å². The van der Waals surface area contributed by atoms with Gasteiger partial charge in [-0.1, -0.05) is 31.3 Å². The average Bonchev–Trinajstić information content (AvgIpc) is 3.42. The van der Waals surface area contributed by atoms with Crippen LogP contribution in [-0.2, 0) is 19.6 Å². The number of nitrogens with zero attached hydrogens (tertiary/aromatic N) is 2. The number of ether oxygens (including phenoxy) is 1. The Morgan fingerprint density at radius 2 is 2.00 bits per heavy atom. The lowest BCUT2D eigenvalue weighted by Gasteiger charge is -2.25. The van der Waals surface area contributed by atoms with Gasteiger partial charge in [0.1, 0.15) is 10.3 Å². The van der Waals surface area contributed by atoms with E-state index in [1.165, 1.54) is 6.07 Å². The molecule has 1 aliphatic heterocycles. The van der Waals surface area contributed by atoms with Crippen molar-refractivity contribution in [2.45, 2.75) is 24.1 Å². The largest absolute Gasteiger partial charge is 0.378 e. The Kier molecular flexibility index (Phi) is 6.58. The molecule has 31 heavy (non-hydrogen) atoms. The number of carbonyl (C=O) groups excluding carboxylic acids is 1. The highest BCUT2D eigenvalue weighted by Gasteiger charge is 2.29. The number of hydrogen-bond donors (Lipinski definition) is 2. The monoisotopic (exact) mass is 480 g/mol. The van der Waals surface area contributed by atoms with E-state index >= 15 is 0 Å². The number of benzene rings is 1. The molecule has 11 heteroatoms. The van der Waals surface area contributed by atoms with Gasteiger partial charge in [0.15, 0.2) is 5.13 Å². The summed E-state index contributed by atoms with van der Waals surface area (Å²) in [4.78, 5) is 19.8. The van der Waals surface area contributed by atoms with Gasteiger partial charge in [-0.15, -0.1) is 11.3 Å². The maximum absolute atomic E-state index is 12.9. The molecular weight excluding hydrogens is 456 g/mol. The maximum Gasteiger partial charge on any atom is 0.250 e. The fourth-order valence-electron chi connectivity index (χ4n) is 3.23. The predicted molar refractivity (Wildman–Crippen MR) is 125 cm³/mol. The summed E-state index contributed by atoms with van der Waals surface area (Å²) in [5, 5.41) is 5.48. The van der Waals surface area contributed by atoms with Crippen LogP contribution < -0.4 is 14.9 Å². The van der Waals surface area contributed by atoms with Crippen molar-refractivity contribution < 1.29 is 17.9 Å². The van der Waals surface area contributed by atoms with Crippen LogP contribution in [0.3, 0.4) is 0 Å². The summed E-state index contributed by atoms with van der Waals surface area (Å²) in [6.45, 7) is 6.61. The summed E-state index contributed by atoms with van der Waals surface area (Å²) in [6.07, 6.45) is 0. The van der Waals surface area contributed by atoms with E-state index in [-0.39, 0.29) is 10.1 Å². The van der Waals surface area contributed by atoms with Crippen LogP contribution in [0.25, 0.3) is 10.2 Å². The molecule has 0 unspecified atom stereocenters. The molecule has 0 bridgehead atoms. The van der Waals surface area contributed by atoms with Crippen molar-refractivity contribution in [3.05, 3.63) is 35.7 Å². The molecule has 1 fully saturated rings. The van der Waals surface area contributed by atoms with Gasteiger partial charge in [-0.2, -0.15) is 4.72 Å². The van der Waals surface area contributed by atoms with Gasteiger partial charge in [0, 0.05) is 18.8 Å². The van der Waals surface area contributed by atoms with Crippen LogP contribution >= 0.6 is 22.7 Å². The van der Waals surface area contributed by atoms with E-state index in [1.54, 1.807) is 28.8 Å². The number of rotatable bonds is 7. The van der Waals surface area contributed by atoms with Crippen LogP contribution in [0.2, 0.25) is 0 Å². The van der Waals surface area contributed by atoms with E-state index in [2.05, 4.69) is 19.9 Å². The first kappa shape index (κ1) is 22.2. The number of anilines is 2. The second kappa shape index (κ2) is 9.21. The van der Waals surface area contributed by atoms with Gasteiger partial charge in [0.2, 0.25) is 5.91 Å². The fourth-order valence-corrected chi connectivity index (χ4v) is 6.64. The molecule has 8 nitrogen and oxygen atoms in total. The predicted octanol–water partition coefficient (Wildman–Crippen LogP) is 3.14. The van der Waals surface area contributed by atoms with E-state index in [9.17, 15) is 13.2 Å². The molecular formula is C20H24N4O4S3. The van der Waals surface area contributed by atoms with Crippen molar-refractivity contribution in [1.82, 2.24) is 9.71 Å². The smallest absolute Gasteiger partial charge is 0.250 e. The van der Waals surface area contributed by atoms with Gasteiger partial charge in [0.05, 0.1) is 23.4 Å². The van der Waals surface area contributed by atoms with Crippen LogP contribution in [0, 0.1) is 5.92 Å². The first-order chi connectivity index (χ1) is 14.8. The molecule has 0 aliphatic carbocycles. The van der Waals surface area contributed by atoms with Crippen LogP contribution in [0.5, 0.6) is 0 Å². The van der Waals surface area contributed by atoms with Crippen LogP contribution in [0.4, 0.5) is 10.8 Å². The molecule has 4 rings (SSSR count). The molecule has 166 valence electrons. The second-order valence-corrected chi connectivity index (χ2v) is 11.4. The highest BCUT2D eigenvalue weighted by atomic mass is 32.2. The quantitative estimate of drug-likeness (QED) is 0.539. The Hall–Kier alpha value is -2.05. The highest BCUT2D eigenvalue weighted by Crippen LogP contribution is 2.31. The molecule has 3 heterocycles. The third kappa shape index (κ3) is 5.07. The molecule has 1 aliphatic rings. The van der Waals surface area contributed by atoms with Gasteiger partial charge in [-0.25, -0.2) is 13.4 Å². The van der Waals surface area contributed by atoms with Crippen molar-refractivity contribution in [2.24, 2.45) is 5.92 Å². The number of nitrogens with one attached hydrogen (secondary N) is 2. The van der Waals surface area contributed by atoms with Crippen molar-refractivity contribution in [2.75, 3.05) is 36.5 Å². The number of fused-ring (bicyclic) bond motifs is 1. The van der Waals surface area contributed by atoms with Crippen LogP contribution in [-0.4, -0.2) is 51.7 Å². The Balaban J connectivity index is 1.50. The average molecular weight is 481 g/mol. The first-order valence-electron chi connectivity index (χ1n) is 9.93. The zero-order valence-corrected chi connectivity index (χ0v) is 19.6. The number of morpholine rings is 1. The minimum absolute atomic E-state index is 0.188. The first-order valence-corrected chi connectivity index (χ1v) is 13.1. The molecule has 2 aromatic heterocycles. The summed E-state index contributed by atoms with van der Waals surface area (Å²) in [7, 11) is -3.76. The number of hydrogen-bond acceptors (Lipinski definition) is 8. The van der Waals surface area contributed by atoms with Gasteiger partial charge in [-0.05, 0) is 35.6 Å². The Labute approximate surface area is 189 Å². The molecule has 1 saturated heterocycles. The lowest BCUT2D eigenvalue weighted by Crippen LogP contribution is -2.46. The second-order valence-electron chi connectivity index (χ2n) is 7.54. The van der Waals surface area contributed by atoms with Gasteiger partial charge >= 0.3 is 0 Å². The minimum Gasteiger partial charge on any atom is -0.378 e. The van der Waals surface area contributed by atoms with Crippen LogP contribution in [0.1, 0.15) is 13.8 Å². The summed E-state index contributed by atoms with van der Waals surface area (Å²) in [6, 6.07) is 7.82. The minimum atomic E-state index is -3.76. The molecule has 2 N–H and O–H groups in total. The lowest BCUT2D eigenvalue weighted by atomic mass is 10.0. The third-order valence-corrected chi connectivity index (χ3v) is 8.84. The number of amides is 1. The zero-order valence-electron chi connectivity index (χ0n) is 17.2. The zero-order chi connectivity index (χ0) is 22.0. The van der Waals surface area contributed by atoms with Gasteiger partial charge in [0.25, 0.3) is 10.0 Å². The molecule has 0 saturated carbocycles. The standard InChI is InChI=1S/C20H24N4O4S3/c1-13(2)18(23-31(26,27)17-4-3-11-29-17)19(25)21-14-5-6-15-16(12-14)30-20(22-15)24-7-9-28-10-8-24/h3-6,11-13,18,23H,7-10H2,1-2H3,(H,21,25)/t18-/m1/s1. The Bertz CT molecular complexity index is 1150. The topological polar surface area (TPSA) is 101 Å².